The summed E-state index contributed by atoms with van der Waals surface area (Å²) in [6.45, 7) is 4.62. The van der Waals surface area contributed by atoms with Crippen LogP contribution in [-0.4, -0.2) is 40.0 Å². The molecule has 0 bridgehead atoms. The van der Waals surface area contributed by atoms with Crippen molar-refractivity contribution in [3.05, 3.63) is 29.3 Å². The van der Waals surface area contributed by atoms with Crippen LogP contribution in [0.1, 0.15) is 24.1 Å². The zero-order valence-corrected chi connectivity index (χ0v) is 12.0. The van der Waals surface area contributed by atoms with Crippen LogP contribution in [0.3, 0.4) is 0 Å². The zero-order valence-electron chi connectivity index (χ0n) is 12.0. The van der Waals surface area contributed by atoms with Crippen LogP contribution < -0.4 is 15.4 Å². The Hall–Kier alpha value is -1.10. The summed E-state index contributed by atoms with van der Waals surface area (Å²) >= 11 is 0. The van der Waals surface area contributed by atoms with E-state index in [0.717, 1.165) is 31.9 Å². The SMILES string of the molecule is CCc1cc(C(NC)C2COCCN2)ccc1OC. The molecule has 1 fully saturated rings. The Morgan fingerprint density at radius 3 is 2.95 bits per heavy atom. The van der Waals surface area contributed by atoms with Crippen LogP contribution in [-0.2, 0) is 11.2 Å². The number of hydrogen-bond acceptors (Lipinski definition) is 4. The lowest BCUT2D eigenvalue weighted by molar-refractivity contribution is 0.0645. The predicted molar refractivity (Wildman–Crippen MR) is 76.8 cm³/mol. The summed E-state index contributed by atoms with van der Waals surface area (Å²) in [6, 6.07) is 7.00. The van der Waals surface area contributed by atoms with Crippen molar-refractivity contribution in [2.24, 2.45) is 0 Å². The summed E-state index contributed by atoms with van der Waals surface area (Å²) in [5.74, 6) is 0.967. The van der Waals surface area contributed by atoms with Crippen molar-refractivity contribution in [3.8, 4) is 5.75 Å². The molecule has 1 aromatic carbocycles. The third-order valence-electron chi connectivity index (χ3n) is 3.71. The minimum absolute atomic E-state index is 0.261. The monoisotopic (exact) mass is 264 g/mol. The van der Waals surface area contributed by atoms with Gasteiger partial charge >= 0.3 is 0 Å². The molecular formula is C15H24N2O2. The van der Waals surface area contributed by atoms with Gasteiger partial charge < -0.3 is 20.1 Å². The molecule has 1 saturated heterocycles. The average Bonchev–Trinajstić information content (AvgIpc) is 2.49. The van der Waals surface area contributed by atoms with Crippen molar-refractivity contribution >= 4 is 0 Å². The fraction of sp³-hybridized carbons (Fsp3) is 0.600. The maximum atomic E-state index is 5.56. The smallest absolute Gasteiger partial charge is 0.122 e. The normalized spacial score (nSPS) is 21.1. The largest absolute Gasteiger partial charge is 0.496 e. The fourth-order valence-electron chi connectivity index (χ4n) is 2.67. The first-order valence-corrected chi connectivity index (χ1v) is 6.95. The van der Waals surface area contributed by atoms with Crippen LogP contribution in [0, 0.1) is 0 Å². The van der Waals surface area contributed by atoms with E-state index in [1.165, 1.54) is 11.1 Å². The van der Waals surface area contributed by atoms with Gasteiger partial charge in [-0.15, -0.1) is 0 Å². The number of morpholine rings is 1. The van der Waals surface area contributed by atoms with Crippen LogP contribution in [0.25, 0.3) is 0 Å². The Balaban J connectivity index is 2.22. The molecule has 0 aliphatic carbocycles. The van der Waals surface area contributed by atoms with Crippen molar-refractivity contribution in [3.63, 3.8) is 0 Å². The predicted octanol–water partition coefficient (Wildman–Crippen LogP) is 1.51. The van der Waals surface area contributed by atoms with Crippen molar-refractivity contribution in [1.29, 1.82) is 0 Å². The number of nitrogens with one attached hydrogen (secondary N) is 2. The molecule has 1 aliphatic rings. The number of methoxy groups -OCH3 is 1. The quantitative estimate of drug-likeness (QED) is 0.846. The van der Waals surface area contributed by atoms with Gasteiger partial charge in [-0.3, -0.25) is 0 Å². The van der Waals surface area contributed by atoms with E-state index in [9.17, 15) is 0 Å². The van der Waals surface area contributed by atoms with Gasteiger partial charge in [-0.1, -0.05) is 19.1 Å². The zero-order chi connectivity index (χ0) is 13.7. The van der Waals surface area contributed by atoms with Crippen LogP contribution >= 0.6 is 0 Å². The lowest BCUT2D eigenvalue weighted by Gasteiger charge is -2.31. The second kappa shape index (κ2) is 6.89. The minimum atomic E-state index is 0.261. The number of hydrogen-bond donors (Lipinski definition) is 2. The van der Waals surface area contributed by atoms with Gasteiger partial charge in [-0.25, -0.2) is 0 Å². The summed E-state index contributed by atoms with van der Waals surface area (Å²) < 4.78 is 11.0. The molecule has 1 heterocycles. The topological polar surface area (TPSA) is 42.5 Å². The highest BCUT2D eigenvalue weighted by molar-refractivity contribution is 5.39. The second-order valence-corrected chi connectivity index (χ2v) is 4.83. The first kappa shape index (κ1) is 14.3. The number of likely N-dealkylation sites (N-methyl/N-ethyl adjacent to an activating group) is 1. The highest BCUT2D eigenvalue weighted by Gasteiger charge is 2.24. The van der Waals surface area contributed by atoms with Gasteiger partial charge in [0.1, 0.15) is 5.75 Å². The molecule has 19 heavy (non-hydrogen) atoms. The van der Waals surface area contributed by atoms with Gasteiger partial charge in [-0.2, -0.15) is 0 Å². The molecule has 4 heteroatoms. The van der Waals surface area contributed by atoms with Crippen LogP contribution in [0.15, 0.2) is 18.2 Å². The van der Waals surface area contributed by atoms with Crippen molar-refractivity contribution in [2.45, 2.75) is 25.4 Å². The second-order valence-electron chi connectivity index (χ2n) is 4.83. The lowest BCUT2D eigenvalue weighted by atomic mass is 9.96. The van der Waals surface area contributed by atoms with E-state index in [4.69, 9.17) is 9.47 Å². The Morgan fingerprint density at radius 1 is 1.53 bits per heavy atom. The van der Waals surface area contributed by atoms with E-state index < -0.39 is 0 Å². The van der Waals surface area contributed by atoms with Crippen molar-refractivity contribution in [1.82, 2.24) is 10.6 Å². The summed E-state index contributed by atoms with van der Waals surface area (Å²) in [5, 5.41) is 6.91. The highest BCUT2D eigenvalue weighted by atomic mass is 16.5. The number of rotatable bonds is 5. The van der Waals surface area contributed by atoms with E-state index in [1.54, 1.807) is 7.11 Å². The molecule has 106 valence electrons. The van der Waals surface area contributed by atoms with E-state index in [2.05, 4.69) is 35.8 Å². The lowest BCUT2D eigenvalue weighted by Crippen LogP contribution is -2.48. The molecule has 2 N–H and O–H groups in total. The van der Waals surface area contributed by atoms with Crippen molar-refractivity contribution in [2.75, 3.05) is 33.9 Å². The van der Waals surface area contributed by atoms with E-state index in [0.29, 0.717) is 6.04 Å². The Morgan fingerprint density at radius 2 is 2.37 bits per heavy atom. The molecule has 1 aliphatic heterocycles. The van der Waals surface area contributed by atoms with Gasteiger partial charge in [0, 0.05) is 12.6 Å². The van der Waals surface area contributed by atoms with Gasteiger partial charge in [0.2, 0.25) is 0 Å². The first-order chi connectivity index (χ1) is 9.30. The molecule has 1 aromatic rings. The molecule has 0 amide bonds. The minimum Gasteiger partial charge on any atom is -0.496 e. The maximum Gasteiger partial charge on any atom is 0.122 e. The van der Waals surface area contributed by atoms with Gasteiger partial charge in [0.05, 0.1) is 26.4 Å². The number of benzene rings is 1. The Kier molecular flexibility index (Phi) is 5.19. The summed E-state index contributed by atoms with van der Waals surface area (Å²) in [5.41, 5.74) is 2.53. The number of aryl methyl sites for hydroxylation is 1. The van der Waals surface area contributed by atoms with E-state index in [-0.39, 0.29) is 6.04 Å². The van der Waals surface area contributed by atoms with Gasteiger partial charge in [-0.05, 0) is 30.7 Å². The van der Waals surface area contributed by atoms with Crippen LogP contribution in [0.4, 0.5) is 0 Å². The van der Waals surface area contributed by atoms with Crippen LogP contribution in [0.5, 0.6) is 5.75 Å². The van der Waals surface area contributed by atoms with Crippen LogP contribution in [0.2, 0.25) is 0 Å². The third-order valence-corrected chi connectivity index (χ3v) is 3.71. The third kappa shape index (κ3) is 3.26. The summed E-state index contributed by atoms with van der Waals surface area (Å²) in [7, 11) is 3.72. The number of ether oxygens (including phenoxy) is 2. The van der Waals surface area contributed by atoms with Crippen molar-refractivity contribution < 1.29 is 9.47 Å². The summed E-state index contributed by atoms with van der Waals surface area (Å²) in [6.07, 6.45) is 0.974. The average molecular weight is 264 g/mol. The Bertz CT molecular complexity index is 403. The highest BCUT2D eigenvalue weighted by Crippen LogP contribution is 2.26. The molecule has 0 radical (unpaired) electrons. The first-order valence-electron chi connectivity index (χ1n) is 6.95. The molecule has 4 nitrogen and oxygen atoms in total. The molecule has 0 spiro atoms. The molecule has 2 atom stereocenters. The molecular weight excluding hydrogens is 240 g/mol. The van der Waals surface area contributed by atoms with E-state index >= 15 is 0 Å². The molecule has 2 unspecified atom stereocenters. The van der Waals surface area contributed by atoms with Gasteiger partial charge in [0.15, 0.2) is 0 Å². The van der Waals surface area contributed by atoms with E-state index in [1.807, 2.05) is 7.05 Å². The molecule has 0 aromatic heterocycles. The van der Waals surface area contributed by atoms with Gasteiger partial charge in [0.25, 0.3) is 0 Å². The maximum absolute atomic E-state index is 5.56. The fourth-order valence-corrected chi connectivity index (χ4v) is 2.67. The Labute approximate surface area is 115 Å². The summed E-state index contributed by atoms with van der Waals surface area (Å²) in [4.78, 5) is 0. The standard InChI is InChI=1S/C15H24N2O2/c1-4-11-9-12(5-6-14(11)18-3)15(16-2)13-10-19-8-7-17-13/h5-6,9,13,15-17H,4,7-8,10H2,1-3H3. The molecule has 2 rings (SSSR count). The molecule has 0 saturated carbocycles.